The zero-order valence-electron chi connectivity index (χ0n) is 13.3. The summed E-state index contributed by atoms with van der Waals surface area (Å²) in [7, 11) is -3.50. The largest absolute Gasteiger partial charge is 0.353 e. The summed E-state index contributed by atoms with van der Waals surface area (Å²) in [5.41, 5.74) is 0.405. The lowest BCUT2D eigenvalue weighted by molar-refractivity contribution is -0.121. The minimum atomic E-state index is -3.50. The van der Waals surface area contributed by atoms with E-state index >= 15 is 0 Å². The molecule has 23 heavy (non-hydrogen) atoms. The quantitative estimate of drug-likeness (QED) is 0.850. The van der Waals surface area contributed by atoms with Crippen LogP contribution in [-0.4, -0.2) is 33.2 Å². The maximum absolute atomic E-state index is 12.1. The van der Waals surface area contributed by atoms with Crippen molar-refractivity contribution in [2.75, 3.05) is 17.1 Å². The monoisotopic (exact) mass is 358 g/mol. The number of carbonyl (C=O) groups excluding carboxylic acids is 1. The van der Waals surface area contributed by atoms with Crippen LogP contribution in [0.25, 0.3) is 0 Å². The molecule has 0 atom stereocenters. The van der Waals surface area contributed by atoms with Crippen molar-refractivity contribution >= 4 is 33.2 Å². The van der Waals surface area contributed by atoms with E-state index in [0.717, 1.165) is 31.9 Å². The second-order valence-electron chi connectivity index (χ2n) is 5.94. The fourth-order valence-corrected chi connectivity index (χ4v) is 4.10. The van der Waals surface area contributed by atoms with Gasteiger partial charge >= 0.3 is 0 Å². The maximum Gasteiger partial charge on any atom is 0.232 e. The van der Waals surface area contributed by atoms with Crippen molar-refractivity contribution in [1.29, 1.82) is 0 Å². The van der Waals surface area contributed by atoms with Crippen LogP contribution >= 0.6 is 11.6 Å². The molecule has 1 aliphatic carbocycles. The summed E-state index contributed by atoms with van der Waals surface area (Å²) in [5, 5.41) is 3.35. The van der Waals surface area contributed by atoms with Crippen LogP contribution in [-0.2, 0) is 14.8 Å². The van der Waals surface area contributed by atoms with Crippen molar-refractivity contribution in [3.63, 3.8) is 0 Å². The normalized spacial score (nSPS) is 16.1. The van der Waals surface area contributed by atoms with Crippen LogP contribution in [0.4, 0.5) is 5.69 Å². The third kappa shape index (κ3) is 5.39. The Morgan fingerprint density at radius 3 is 2.52 bits per heavy atom. The molecule has 2 rings (SSSR count). The molecule has 1 aromatic carbocycles. The van der Waals surface area contributed by atoms with Crippen molar-refractivity contribution in [3.05, 3.63) is 29.3 Å². The minimum absolute atomic E-state index is 0.0844. The number of anilines is 1. The van der Waals surface area contributed by atoms with Crippen molar-refractivity contribution in [2.24, 2.45) is 0 Å². The molecule has 0 heterocycles. The fourth-order valence-electron chi connectivity index (χ4n) is 2.87. The lowest BCUT2D eigenvalue weighted by atomic mass is 9.95. The topological polar surface area (TPSA) is 66.5 Å². The Bertz CT molecular complexity index is 642. The van der Waals surface area contributed by atoms with Gasteiger partial charge in [0.25, 0.3) is 0 Å². The van der Waals surface area contributed by atoms with Crippen LogP contribution < -0.4 is 9.62 Å². The molecule has 1 aromatic rings. The summed E-state index contributed by atoms with van der Waals surface area (Å²) in [6, 6.07) is 6.96. The number of nitrogens with zero attached hydrogens (tertiary/aromatic N) is 1. The summed E-state index contributed by atoms with van der Waals surface area (Å²) in [6.45, 7) is 0.0844. The van der Waals surface area contributed by atoms with E-state index in [2.05, 4.69) is 5.32 Å². The number of halogens is 1. The van der Waals surface area contributed by atoms with Gasteiger partial charge in [-0.25, -0.2) is 8.42 Å². The second kappa shape index (κ2) is 8.02. The molecule has 0 bridgehead atoms. The number of amides is 1. The molecular weight excluding hydrogens is 336 g/mol. The number of nitrogens with one attached hydrogen (secondary N) is 1. The highest BCUT2D eigenvalue weighted by molar-refractivity contribution is 7.92. The van der Waals surface area contributed by atoms with Gasteiger partial charge < -0.3 is 5.32 Å². The fraction of sp³-hybridized carbons (Fsp3) is 0.562. The number of rotatable bonds is 6. The molecule has 1 saturated carbocycles. The second-order valence-corrected chi connectivity index (χ2v) is 8.25. The standard InChI is InChI=1S/C16H23ClN2O3S/c1-23(21,22)19(15-10-6-5-9-14(15)17)12-11-16(20)18-13-7-3-2-4-8-13/h5-6,9-10,13H,2-4,7-8,11-12H2,1H3,(H,18,20). The number of sulfonamides is 1. The first-order valence-electron chi connectivity index (χ1n) is 7.89. The number of para-hydroxylation sites is 1. The van der Waals surface area contributed by atoms with E-state index in [1.165, 1.54) is 10.7 Å². The number of hydrogen-bond donors (Lipinski definition) is 1. The Hall–Kier alpha value is -1.27. The Kier molecular flexibility index (Phi) is 6.30. The summed E-state index contributed by atoms with van der Waals surface area (Å²) < 4.78 is 25.2. The van der Waals surface area contributed by atoms with E-state index in [0.29, 0.717) is 10.7 Å². The third-order valence-corrected chi connectivity index (χ3v) is 5.53. The predicted molar refractivity (Wildman–Crippen MR) is 93.3 cm³/mol. The van der Waals surface area contributed by atoms with Gasteiger partial charge in [0.1, 0.15) is 0 Å². The van der Waals surface area contributed by atoms with Gasteiger partial charge in [-0.2, -0.15) is 0 Å². The van der Waals surface area contributed by atoms with Crippen LogP contribution in [0.2, 0.25) is 5.02 Å². The Balaban J connectivity index is 1.99. The van der Waals surface area contributed by atoms with Gasteiger partial charge in [0.15, 0.2) is 0 Å². The molecule has 1 N–H and O–H groups in total. The highest BCUT2D eigenvalue weighted by Crippen LogP contribution is 2.27. The van der Waals surface area contributed by atoms with Crippen LogP contribution in [0.5, 0.6) is 0 Å². The van der Waals surface area contributed by atoms with Crippen molar-refractivity contribution < 1.29 is 13.2 Å². The number of carbonyl (C=O) groups is 1. The third-order valence-electron chi connectivity index (χ3n) is 4.03. The highest BCUT2D eigenvalue weighted by atomic mass is 35.5. The van der Waals surface area contributed by atoms with Crippen LogP contribution in [0.15, 0.2) is 24.3 Å². The van der Waals surface area contributed by atoms with Gasteiger partial charge in [-0.15, -0.1) is 0 Å². The molecule has 5 nitrogen and oxygen atoms in total. The van der Waals surface area contributed by atoms with Gasteiger partial charge in [-0.1, -0.05) is 43.0 Å². The first-order valence-corrected chi connectivity index (χ1v) is 10.1. The Labute approximate surface area is 143 Å². The lowest BCUT2D eigenvalue weighted by Gasteiger charge is -2.25. The summed E-state index contributed by atoms with van der Waals surface area (Å²) >= 11 is 6.09. The van der Waals surface area contributed by atoms with E-state index in [1.54, 1.807) is 24.3 Å². The molecule has 0 radical (unpaired) electrons. The summed E-state index contributed by atoms with van der Waals surface area (Å²) in [4.78, 5) is 12.1. The van der Waals surface area contributed by atoms with Crippen molar-refractivity contribution in [1.82, 2.24) is 5.32 Å². The van der Waals surface area contributed by atoms with E-state index in [-0.39, 0.29) is 24.9 Å². The average molecular weight is 359 g/mol. The summed E-state index contributed by atoms with van der Waals surface area (Å²) in [5.74, 6) is -0.113. The molecule has 0 saturated heterocycles. The molecule has 0 aliphatic heterocycles. The smallest absolute Gasteiger partial charge is 0.232 e. The van der Waals surface area contributed by atoms with Crippen molar-refractivity contribution in [2.45, 2.75) is 44.6 Å². The molecule has 0 unspecified atom stereocenters. The Morgan fingerprint density at radius 2 is 1.91 bits per heavy atom. The Morgan fingerprint density at radius 1 is 1.26 bits per heavy atom. The highest BCUT2D eigenvalue weighted by Gasteiger charge is 2.22. The first-order chi connectivity index (χ1) is 10.9. The van der Waals surface area contributed by atoms with Crippen molar-refractivity contribution in [3.8, 4) is 0 Å². The minimum Gasteiger partial charge on any atom is -0.353 e. The SMILES string of the molecule is CS(=O)(=O)N(CCC(=O)NC1CCCCC1)c1ccccc1Cl. The van der Waals surface area contributed by atoms with E-state index in [4.69, 9.17) is 11.6 Å². The maximum atomic E-state index is 12.1. The molecular formula is C16H23ClN2O3S. The zero-order chi connectivity index (χ0) is 16.9. The average Bonchev–Trinajstić information content (AvgIpc) is 2.49. The molecule has 1 aliphatic rings. The van der Waals surface area contributed by atoms with Gasteiger partial charge in [-0.05, 0) is 25.0 Å². The molecule has 7 heteroatoms. The molecule has 0 aromatic heterocycles. The molecule has 1 amide bonds. The number of hydrogen-bond acceptors (Lipinski definition) is 3. The van der Waals surface area contributed by atoms with Gasteiger partial charge in [-0.3, -0.25) is 9.10 Å². The molecule has 128 valence electrons. The van der Waals surface area contributed by atoms with Gasteiger partial charge in [0.05, 0.1) is 17.0 Å². The lowest BCUT2D eigenvalue weighted by Crippen LogP contribution is -2.39. The van der Waals surface area contributed by atoms with E-state index in [9.17, 15) is 13.2 Å². The first kappa shape index (κ1) is 18.1. The van der Waals surface area contributed by atoms with Crippen LogP contribution in [0, 0.1) is 0 Å². The van der Waals surface area contributed by atoms with Crippen LogP contribution in [0.1, 0.15) is 38.5 Å². The number of benzene rings is 1. The van der Waals surface area contributed by atoms with E-state index < -0.39 is 10.0 Å². The van der Waals surface area contributed by atoms with E-state index in [1.807, 2.05) is 0 Å². The molecule has 0 spiro atoms. The van der Waals surface area contributed by atoms with Gasteiger partial charge in [0.2, 0.25) is 15.9 Å². The summed E-state index contributed by atoms with van der Waals surface area (Å²) in [6.07, 6.45) is 6.75. The van der Waals surface area contributed by atoms with Gasteiger partial charge in [0, 0.05) is 19.0 Å². The molecule has 1 fully saturated rings. The predicted octanol–water partition coefficient (Wildman–Crippen LogP) is 2.95. The zero-order valence-corrected chi connectivity index (χ0v) is 14.9. The van der Waals surface area contributed by atoms with Crippen LogP contribution in [0.3, 0.4) is 0 Å².